The molecule has 0 aliphatic carbocycles. The Morgan fingerprint density at radius 3 is 2.29 bits per heavy atom. The first-order chi connectivity index (χ1) is 16.4. The molecule has 0 saturated carbocycles. The van der Waals surface area contributed by atoms with Crippen molar-refractivity contribution < 1.29 is 14.4 Å². The van der Waals surface area contributed by atoms with E-state index in [0.717, 1.165) is 18.8 Å². The number of aromatic nitrogens is 1. The van der Waals surface area contributed by atoms with Crippen molar-refractivity contribution in [3.63, 3.8) is 0 Å². The van der Waals surface area contributed by atoms with Crippen molar-refractivity contribution in [2.24, 2.45) is 0 Å². The fraction of sp³-hybridized carbons (Fsp3) is 0.250. The number of hydrogen-bond donors (Lipinski definition) is 2. The van der Waals surface area contributed by atoms with Gasteiger partial charge < -0.3 is 15.1 Å². The highest BCUT2D eigenvalue weighted by Gasteiger charge is 2.22. The Kier molecular flexibility index (Phi) is 7.44. The van der Waals surface area contributed by atoms with Gasteiger partial charge in [0.05, 0.1) is 12.1 Å². The topological polar surface area (TPSA) is 94.6 Å². The van der Waals surface area contributed by atoms with E-state index >= 15 is 0 Å². The van der Waals surface area contributed by atoms with Gasteiger partial charge in [0.2, 0.25) is 5.91 Å². The number of rotatable bonds is 6. The molecule has 176 valence electrons. The minimum Gasteiger partial charge on any atom is -0.368 e. The van der Waals surface area contributed by atoms with Crippen LogP contribution in [0.15, 0.2) is 53.9 Å². The van der Waals surface area contributed by atoms with Crippen LogP contribution in [0.5, 0.6) is 0 Å². The number of piperazine rings is 1. The predicted octanol–water partition coefficient (Wildman–Crippen LogP) is 4.53. The molecule has 0 unspecified atom stereocenters. The van der Waals surface area contributed by atoms with Crippen molar-refractivity contribution in [2.75, 3.05) is 41.7 Å². The maximum atomic E-state index is 12.8. The minimum atomic E-state index is -0.415. The van der Waals surface area contributed by atoms with E-state index in [-0.39, 0.29) is 18.1 Å². The average Bonchev–Trinajstić information content (AvgIpc) is 3.27. The Balaban J connectivity index is 1.25. The van der Waals surface area contributed by atoms with E-state index in [1.165, 1.54) is 11.3 Å². The number of amides is 3. The van der Waals surface area contributed by atoms with Crippen molar-refractivity contribution in [1.29, 1.82) is 0 Å². The minimum absolute atomic E-state index is 0.00837. The van der Waals surface area contributed by atoms with Crippen molar-refractivity contribution in [3.05, 3.63) is 70.2 Å². The molecule has 2 aromatic carbocycles. The van der Waals surface area contributed by atoms with Gasteiger partial charge in [-0.1, -0.05) is 11.6 Å². The summed E-state index contributed by atoms with van der Waals surface area (Å²) in [5.41, 5.74) is 2.98. The van der Waals surface area contributed by atoms with Crippen LogP contribution < -0.4 is 15.5 Å². The van der Waals surface area contributed by atoms with Gasteiger partial charge in [-0.05, 0) is 55.5 Å². The summed E-state index contributed by atoms with van der Waals surface area (Å²) >= 11 is 7.12. The summed E-state index contributed by atoms with van der Waals surface area (Å²) in [5, 5.41) is 8.18. The lowest BCUT2D eigenvalue weighted by molar-refractivity contribution is -0.130. The normalized spacial score (nSPS) is 13.5. The van der Waals surface area contributed by atoms with Gasteiger partial charge in [0.25, 0.3) is 0 Å². The molecule has 0 atom stereocenters. The molecule has 3 amide bonds. The Labute approximate surface area is 206 Å². The number of benzene rings is 2. The summed E-state index contributed by atoms with van der Waals surface area (Å²) in [6.45, 7) is 4.23. The summed E-state index contributed by atoms with van der Waals surface area (Å²) in [6, 6.07) is 13.9. The van der Waals surface area contributed by atoms with Gasteiger partial charge in [-0.25, -0.2) is 9.78 Å². The number of hydrogen-bond acceptors (Lipinski definition) is 6. The van der Waals surface area contributed by atoms with Crippen LogP contribution in [0, 0.1) is 0 Å². The van der Waals surface area contributed by atoms with Gasteiger partial charge in [0.1, 0.15) is 0 Å². The molecular weight excluding hydrogens is 474 g/mol. The SMILES string of the molecule is CC(=O)c1ccc(N2CCN(C(=O)Cc3csc(NC(=O)Nc4ccc(Cl)cc4)n3)CC2)cc1. The van der Waals surface area contributed by atoms with Crippen molar-refractivity contribution in [2.45, 2.75) is 13.3 Å². The van der Waals surface area contributed by atoms with Gasteiger partial charge >= 0.3 is 6.03 Å². The molecule has 1 aliphatic rings. The quantitative estimate of drug-likeness (QED) is 0.488. The Morgan fingerprint density at radius 1 is 0.971 bits per heavy atom. The molecule has 2 heterocycles. The largest absolute Gasteiger partial charge is 0.368 e. The summed E-state index contributed by atoms with van der Waals surface area (Å²) in [7, 11) is 0. The first kappa shape index (κ1) is 23.7. The number of thiazole rings is 1. The molecule has 8 nitrogen and oxygen atoms in total. The second-order valence-corrected chi connectivity index (χ2v) is 9.17. The first-order valence-electron chi connectivity index (χ1n) is 10.8. The number of nitrogens with one attached hydrogen (secondary N) is 2. The Hall–Kier alpha value is -3.43. The van der Waals surface area contributed by atoms with Crippen LogP contribution in [-0.4, -0.2) is 53.8 Å². The Morgan fingerprint density at radius 2 is 1.65 bits per heavy atom. The third kappa shape index (κ3) is 6.12. The standard InChI is InChI=1S/C24H24ClN5O3S/c1-16(31)17-2-8-21(9-3-17)29-10-12-30(13-11-29)22(32)14-20-15-34-24(27-20)28-23(33)26-19-6-4-18(25)5-7-19/h2-9,15H,10-14H2,1H3,(H2,26,27,28,33). The highest BCUT2D eigenvalue weighted by atomic mass is 35.5. The van der Waals surface area contributed by atoms with Crippen LogP contribution in [0.1, 0.15) is 23.0 Å². The smallest absolute Gasteiger partial charge is 0.325 e. The number of carbonyl (C=O) groups excluding carboxylic acids is 3. The number of Topliss-reactive ketones (excluding diaryl/α,β-unsaturated/α-hetero) is 1. The third-order valence-corrected chi connectivity index (χ3v) is 6.54. The molecule has 0 radical (unpaired) electrons. The van der Waals surface area contributed by atoms with Gasteiger partial charge in [0, 0.05) is 53.5 Å². The van der Waals surface area contributed by atoms with E-state index in [4.69, 9.17) is 11.6 Å². The summed E-state index contributed by atoms with van der Waals surface area (Å²) in [4.78, 5) is 44.8. The number of urea groups is 1. The maximum Gasteiger partial charge on any atom is 0.325 e. The summed E-state index contributed by atoms with van der Waals surface area (Å²) in [6.07, 6.45) is 0.185. The fourth-order valence-electron chi connectivity index (χ4n) is 3.63. The van der Waals surface area contributed by atoms with Crippen molar-refractivity contribution in [3.8, 4) is 0 Å². The van der Waals surface area contributed by atoms with E-state index in [1.807, 2.05) is 29.2 Å². The van der Waals surface area contributed by atoms with Crippen molar-refractivity contribution >= 4 is 57.2 Å². The zero-order valence-corrected chi connectivity index (χ0v) is 20.2. The maximum absolute atomic E-state index is 12.8. The number of anilines is 3. The van der Waals surface area contributed by atoms with Crippen LogP contribution in [0.3, 0.4) is 0 Å². The molecule has 0 bridgehead atoms. The average molecular weight is 498 g/mol. The lowest BCUT2D eigenvalue weighted by Crippen LogP contribution is -2.49. The van der Waals surface area contributed by atoms with E-state index < -0.39 is 6.03 Å². The molecule has 4 rings (SSSR count). The molecule has 34 heavy (non-hydrogen) atoms. The summed E-state index contributed by atoms with van der Waals surface area (Å²) < 4.78 is 0. The monoisotopic (exact) mass is 497 g/mol. The van der Waals surface area contributed by atoms with Crippen LogP contribution in [0.2, 0.25) is 5.02 Å². The molecule has 0 spiro atoms. The zero-order valence-electron chi connectivity index (χ0n) is 18.6. The predicted molar refractivity (Wildman–Crippen MR) is 135 cm³/mol. The highest BCUT2D eigenvalue weighted by Crippen LogP contribution is 2.20. The summed E-state index contributed by atoms with van der Waals surface area (Å²) in [5.74, 6) is 0.0543. The fourth-order valence-corrected chi connectivity index (χ4v) is 4.46. The molecule has 2 N–H and O–H groups in total. The lowest BCUT2D eigenvalue weighted by Gasteiger charge is -2.36. The zero-order chi connectivity index (χ0) is 24.1. The molecule has 1 aliphatic heterocycles. The second-order valence-electron chi connectivity index (χ2n) is 7.88. The number of nitrogens with zero attached hydrogens (tertiary/aromatic N) is 3. The molecular formula is C24H24ClN5O3S. The van der Waals surface area contributed by atoms with Crippen LogP contribution in [-0.2, 0) is 11.2 Å². The van der Waals surface area contributed by atoms with E-state index in [2.05, 4.69) is 20.5 Å². The van der Waals surface area contributed by atoms with Gasteiger partial charge in [-0.15, -0.1) is 11.3 Å². The van der Waals surface area contributed by atoms with E-state index in [9.17, 15) is 14.4 Å². The number of halogens is 1. The number of ketones is 1. The van der Waals surface area contributed by atoms with E-state index in [0.29, 0.717) is 40.2 Å². The highest BCUT2D eigenvalue weighted by molar-refractivity contribution is 7.14. The Bertz CT molecular complexity index is 1170. The molecule has 10 heteroatoms. The van der Waals surface area contributed by atoms with E-state index in [1.54, 1.807) is 36.6 Å². The molecule has 3 aromatic rings. The van der Waals surface area contributed by atoms with Crippen LogP contribution in [0.25, 0.3) is 0 Å². The van der Waals surface area contributed by atoms with Crippen molar-refractivity contribution in [1.82, 2.24) is 9.88 Å². The van der Waals surface area contributed by atoms with Gasteiger partial charge in [-0.3, -0.25) is 14.9 Å². The van der Waals surface area contributed by atoms with Gasteiger partial charge in [0.15, 0.2) is 10.9 Å². The molecule has 1 aromatic heterocycles. The first-order valence-corrected chi connectivity index (χ1v) is 12.0. The lowest BCUT2D eigenvalue weighted by atomic mass is 10.1. The third-order valence-electron chi connectivity index (χ3n) is 5.48. The second kappa shape index (κ2) is 10.7. The van der Waals surface area contributed by atoms with Crippen LogP contribution >= 0.6 is 22.9 Å². The van der Waals surface area contributed by atoms with Gasteiger partial charge in [-0.2, -0.15) is 0 Å². The van der Waals surface area contributed by atoms with Crippen LogP contribution in [0.4, 0.5) is 21.3 Å². The number of carbonyl (C=O) groups is 3. The molecule has 1 fully saturated rings. The molecule has 1 saturated heterocycles.